The molecule has 2 rings (SSSR count). The largest absolute Gasteiger partial charge is 0.481 e. The number of hydrogen-bond acceptors (Lipinski definition) is 3. The molecule has 1 heterocycles. The fourth-order valence-electron chi connectivity index (χ4n) is 1.47. The summed E-state index contributed by atoms with van der Waals surface area (Å²) in [5, 5.41) is 9.37. The minimum absolute atomic E-state index is 0.231. The Morgan fingerprint density at radius 1 is 1.39 bits per heavy atom. The summed E-state index contributed by atoms with van der Waals surface area (Å²) in [5.41, 5.74) is 0.891. The maximum atomic E-state index is 11.8. The molecule has 0 aliphatic heterocycles. The van der Waals surface area contributed by atoms with Crippen LogP contribution in [0.25, 0.3) is 0 Å². The van der Waals surface area contributed by atoms with Gasteiger partial charge in [-0.2, -0.15) is 5.10 Å². The van der Waals surface area contributed by atoms with Crippen LogP contribution in [0.5, 0.6) is 5.75 Å². The summed E-state index contributed by atoms with van der Waals surface area (Å²) in [7, 11) is 0. The van der Waals surface area contributed by atoms with E-state index < -0.39 is 6.10 Å². The molecule has 0 fully saturated rings. The Hall–Kier alpha value is -2.30. The maximum absolute atomic E-state index is 11.8. The predicted octanol–water partition coefficient (Wildman–Crippen LogP) is 2.12. The Balaban J connectivity index is 1.93. The van der Waals surface area contributed by atoms with Crippen molar-refractivity contribution in [3.63, 3.8) is 0 Å². The van der Waals surface area contributed by atoms with Crippen molar-refractivity contribution in [1.82, 2.24) is 10.2 Å². The molecule has 0 spiro atoms. The van der Waals surface area contributed by atoms with Crippen LogP contribution in [0.15, 0.2) is 36.4 Å². The van der Waals surface area contributed by atoms with Gasteiger partial charge in [-0.15, -0.1) is 0 Å². The van der Waals surface area contributed by atoms with Gasteiger partial charge >= 0.3 is 0 Å². The van der Waals surface area contributed by atoms with E-state index in [2.05, 4.69) is 15.5 Å². The summed E-state index contributed by atoms with van der Waals surface area (Å²) >= 11 is 0. The zero-order valence-electron chi connectivity index (χ0n) is 10.3. The van der Waals surface area contributed by atoms with Gasteiger partial charge in [0.1, 0.15) is 5.75 Å². The van der Waals surface area contributed by atoms with Crippen molar-refractivity contribution in [3.05, 3.63) is 42.1 Å². The van der Waals surface area contributed by atoms with Crippen molar-refractivity contribution >= 4 is 11.7 Å². The number of nitrogens with zero attached hydrogens (tertiary/aromatic N) is 1. The number of nitrogens with one attached hydrogen (secondary N) is 2. The molecule has 5 heteroatoms. The molecule has 1 unspecified atom stereocenters. The summed E-state index contributed by atoms with van der Waals surface area (Å²) in [6.07, 6.45) is -0.579. The lowest BCUT2D eigenvalue weighted by Crippen LogP contribution is -2.30. The summed E-state index contributed by atoms with van der Waals surface area (Å²) in [4.78, 5) is 11.8. The van der Waals surface area contributed by atoms with Gasteiger partial charge in [0.15, 0.2) is 11.9 Å². The van der Waals surface area contributed by atoms with Gasteiger partial charge < -0.3 is 10.1 Å². The number of aromatic nitrogens is 2. The number of para-hydroxylation sites is 1. The number of aromatic amines is 1. The first-order valence-corrected chi connectivity index (χ1v) is 5.70. The number of hydrogen-bond donors (Lipinski definition) is 2. The molecule has 0 saturated carbocycles. The SMILES string of the molecule is Cc1cc(NC(=O)C(C)Oc2ccccc2)n[nH]1. The maximum Gasteiger partial charge on any atom is 0.266 e. The van der Waals surface area contributed by atoms with E-state index in [0.29, 0.717) is 11.6 Å². The van der Waals surface area contributed by atoms with Gasteiger partial charge in [0.05, 0.1) is 0 Å². The van der Waals surface area contributed by atoms with Crippen LogP contribution in [0.4, 0.5) is 5.82 Å². The molecular weight excluding hydrogens is 230 g/mol. The molecule has 1 aromatic heterocycles. The molecule has 2 aromatic rings. The molecule has 0 radical (unpaired) electrons. The monoisotopic (exact) mass is 245 g/mol. The Morgan fingerprint density at radius 3 is 2.72 bits per heavy atom. The molecule has 5 nitrogen and oxygen atoms in total. The summed E-state index contributed by atoms with van der Waals surface area (Å²) in [5.74, 6) is 0.935. The lowest BCUT2D eigenvalue weighted by atomic mass is 10.3. The highest BCUT2D eigenvalue weighted by molar-refractivity contribution is 5.93. The predicted molar refractivity (Wildman–Crippen MR) is 68.5 cm³/mol. The summed E-state index contributed by atoms with van der Waals surface area (Å²) < 4.78 is 5.51. The van der Waals surface area contributed by atoms with Gasteiger partial charge in [-0.3, -0.25) is 9.89 Å². The number of carbonyl (C=O) groups is 1. The molecule has 0 aliphatic rings. The number of rotatable bonds is 4. The first kappa shape index (κ1) is 12.2. The second-order valence-corrected chi connectivity index (χ2v) is 4.00. The van der Waals surface area contributed by atoms with Crippen LogP contribution in [0.1, 0.15) is 12.6 Å². The van der Waals surface area contributed by atoms with E-state index in [0.717, 1.165) is 5.69 Å². The van der Waals surface area contributed by atoms with E-state index in [4.69, 9.17) is 4.74 Å². The van der Waals surface area contributed by atoms with Gasteiger partial charge in [-0.05, 0) is 26.0 Å². The third-order valence-corrected chi connectivity index (χ3v) is 2.38. The number of ether oxygens (including phenoxy) is 1. The normalized spacial score (nSPS) is 11.9. The lowest BCUT2D eigenvalue weighted by molar-refractivity contribution is -0.122. The van der Waals surface area contributed by atoms with Crippen LogP contribution >= 0.6 is 0 Å². The third kappa shape index (κ3) is 3.10. The van der Waals surface area contributed by atoms with Crippen LogP contribution < -0.4 is 10.1 Å². The second-order valence-electron chi connectivity index (χ2n) is 4.00. The second kappa shape index (κ2) is 5.35. The minimum Gasteiger partial charge on any atom is -0.481 e. The molecule has 1 aromatic carbocycles. The van der Waals surface area contributed by atoms with Gasteiger partial charge in [0.2, 0.25) is 0 Å². The quantitative estimate of drug-likeness (QED) is 0.867. The van der Waals surface area contributed by atoms with Crippen LogP contribution in [0.3, 0.4) is 0 Å². The van der Waals surface area contributed by atoms with Crippen molar-refractivity contribution in [3.8, 4) is 5.75 Å². The van der Waals surface area contributed by atoms with Gasteiger partial charge in [0, 0.05) is 11.8 Å². The summed E-state index contributed by atoms with van der Waals surface area (Å²) in [6.45, 7) is 3.56. The highest BCUT2D eigenvalue weighted by Gasteiger charge is 2.15. The average molecular weight is 245 g/mol. The standard InChI is InChI=1S/C13H15N3O2/c1-9-8-12(16-15-9)14-13(17)10(2)18-11-6-4-3-5-7-11/h3-8,10H,1-2H3,(H2,14,15,16,17). The van der Waals surface area contributed by atoms with Crippen molar-refractivity contribution in [2.45, 2.75) is 20.0 Å². The van der Waals surface area contributed by atoms with E-state index in [1.54, 1.807) is 13.0 Å². The van der Waals surface area contributed by atoms with Gasteiger partial charge in [-0.1, -0.05) is 18.2 Å². The molecule has 1 amide bonds. The lowest BCUT2D eigenvalue weighted by Gasteiger charge is -2.13. The van der Waals surface area contributed by atoms with E-state index in [1.807, 2.05) is 37.3 Å². The molecule has 18 heavy (non-hydrogen) atoms. The summed E-state index contributed by atoms with van der Waals surface area (Å²) in [6, 6.07) is 11.0. The number of anilines is 1. The van der Waals surface area contributed by atoms with E-state index in [1.165, 1.54) is 0 Å². The van der Waals surface area contributed by atoms with Crippen molar-refractivity contribution in [2.24, 2.45) is 0 Å². The molecule has 1 atom stereocenters. The van der Waals surface area contributed by atoms with E-state index >= 15 is 0 Å². The highest BCUT2D eigenvalue weighted by Crippen LogP contribution is 2.12. The van der Waals surface area contributed by atoms with Crippen molar-refractivity contribution < 1.29 is 9.53 Å². The molecule has 94 valence electrons. The van der Waals surface area contributed by atoms with Crippen molar-refractivity contribution in [1.29, 1.82) is 0 Å². The Bertz CT molecular complexity index is 522. The molecule has 2 N–H and O–H groups in total. The van der Waals surface area contributed by atoms with Crippen LogP contribution in [0, 0.1) is 6.92 Å². The van der Waals surface area contributed by atoms with Crippen LogP contribution in [-0.2, 0) is 4.79 Å². The first-order valence-electron chi connectivity index (χ1n) is 5.70. The van der Waals surface area contributed by atoms with E-state index in [9.17, 15) is 4.79 Å². The van der Waals surface area contributed by atoms with Crippen LogP contribution in [-0.4, -0.2) is 22.2 Å². The van der Waals surface area contributed by atoms with Gasteiger partial charge in [-0.25, -0.2) is 0 Å². The Kier molecular flexibility index (Phi) is 3.62. The fourth-order valence-corrected chi connectivity index (χ4v) is 1.47. The van der Waals surface area contributed by atoms with Gasteiger partial charge in [0.25, 0.3) is 5.91 Å². The molecule has 0 bridgehead atoms. The molecular formula is C13H15N3O2. The minimum atomic E-state index is -0.579. The molecule has 0 saturated heterocycles. The zero-order chi connectivity index (χ0) is 13.0. The topological polar surface area (TPSA) is 67.0 Å². The average Bonchev–Trinajstić information content (AvgIpc) is 2.76. The number of aryl methyl sites for hydroxylation is 1. The highest BCUT2D eigenvalue weighted by atomic mass is 16.5. The Morgan fingerprint density at radius 2 is 2.11 bits per heavy atom. The number of carbonyl (C=O) groups excluding carboxylic acids is 1. The van der Waals surface area contributed by atoms with E-state index in [-0.39, 0.29) is 5.91 Å². The van der Waals surface area contributed by atoms with Crippen LogP contribution in [0.2, 0.25) is 0 Å². The number of amides is 1. The first-order chi connectivity index (χ1) is 8.65. The Labute approximate surface area is 105 Å². The fraction of sp³-hybridized carbons (Fsp3) is 0.231. The number of benzene rings is 1. The van der Waals surface area contributed by atoms with Crippen molar-refractivity contribution in [2.75, 3.05) is 5.32 Å². The number of H-pyrrole nitrogens is 1. The molecule has 0 aliphatic carbocycles. The zero-order valence-corrected chi connectivity index (χ0v) is 10.3. The third-order valence-electron chi connectivity index (χ3n) is 2.38. The smallest absolute Gasteiger partial charge is 0.266 e.